The first-order valence-electron chi connectivity index (χ1n) is 11.1. The number of carbonyl (C=O) groups excluding carboxylic acids is 1. The molecule has 4 rings (SSSR count). The topological polar surface area (TPSA) is 89.7 Å². The third-order valence-corrected chi connectivity index (χ3v) is 5.57. The quantitative estimate of drug-likeness (QED) is 0.519. The summed E-state index contributed by atoms with van der Waals surface area (Å²) in [5, 5.41) is 7.30. The van der Waals surface area contributed by atoms with Crippen molar-refractivity contribution in [1.82, 2.24) is 20.4 Å². The number of hydrogen-bond donors (Lipinski definition) is 1. The van der Waals surface area contributed by atoms with Gasteiger partial charge in [0.05, 0.1) is 25.3 Å². The zero-order valence-electron chi connectivity index (χ0n) is 19.3. The summed E-state index contributed by atoms with van der Waals surface area (Å²) in [5.74, 6) is 2.37. The van der Waals surface area contributed by atoms with Gasteiger partial charge in [0.25, 0.3) is 5.89 Å². The Morgan fingerprint density at radius 1 is 1.06 bits per heavy atom. The highest BCUT2D eigenvalue weighted by molar-refractivity contribution is 5.86. The molecule has 2 amide bonds. The molecule has 33 heavy (non-hydrogen) atoms. The van der Waals surface area contributed by atoms with Gasteiger partial charge in [0.15, 0.2) is 0 Å². The van der Waals surface area contributed by atoms with Crippen molar-refractivity contribution in [3.8, 4) is 22.9 Å². The summed E-state index contributed by atoms with van der Waals surface area (Å²) in [6.07, 6.45) is 0.826. The van der Waals surface area contributed by atoms with Crippen molar-refractivity contribution in [3.63, 3.8) is 0 Å². The van der Waals surface area contributed by atoms with Gasteiger partial charge >= 0.3 is 6.03 Å². The minimum Gasteiger partial charge on any atom is -0.497 e. The molecule has 0 bridgehead atoms. The maximum absolute atomic E-state index is 12.9. The van der Waals surface area contributed by atoms with Crippen LogP contribution in [-0.4, -0.2) is 41.3 Å². The van der Waals surface area contributed by atoms with E-state index in [2.05, 4.69) is 15.5 Å². The second kappa shape index (κ2) is 9.77. The lowest BCUT2D eigenvalue weighted by Crippen LogP contribution is -2.46. The zero-order chi connectivity index (χ0) is 23.4. The Balaban J connectivity index is 1.75. The van der Waals surface area contributed by atoms with Crippen LogP contribution >= 0.6 is 0 Å². The van der Waals surface area contributed by atoms with Crippen LogP contribution in [0, 0.1) is 0 Å². The first-order chi connectivity index (χ1) is 16.0. The molecule has 0 fully saturated rings. The van der Waals surface area contributed by atoms with E-state index in [0.717, 1.165) is 40.3 Å². The van der Waals surface area contributed by atoms with Gasteiger partial charge in [0, 0.05) is 17.8 Å². The van der Waals surface area contributed by atoms with Crippen LogP contribution in [0.5, 0.6) is 11.5 Å². The normalized spacial score (nSPS) is 16.1. The van der Waals surface area contributed by atoms with E-state index in [1.807, 2.05) is 69.3 Å². The molecular formula is C25H28N4O4. The van der Waals surface area contributed by atoms with Crippen molar-refractivity contribution >= 4 is 11.6 Å². The van der Waals surface area contributed by atoms with Crippen LogP contribution in [0.4, 0.5) is 4.79 Å². The molecular weight excluding hydrogens is 420 g/mol. The highest BCUT2D eigenvalue weighted by Crippen LogP contribution is 2.38. The first kappa shape index (κ1) is 22.4. The zero-order valence-corrected chi connectivity index (χ0v) is 19.3. The van der Waals surface area contributed by atoms with Gasteiger partial charge in [0.1, 0.15) is 11.5 Å². The molecule has 8 nitrogen and oxygen atoms in total. The molecule has 0 aliphatic carbocycles. The lowest BCUT2D eigenvalue weighted by atomic mass is 9.94. The Morgan fingerprint density at radius 3 is 2.39 bits per heavy atom. The molecule has 0 saturated heterocycles. The van der Waals surface area contributed by atoms with E-state index in [9.17, 15) is 4.79 Å². The highest BCUT2D eigenvalue weighted by atomic mass is 16.5. The fourth-order valence-electron chi connectivity index (χ4n) is 3.91. The highest BCUT2D eigenvalue weighted by Gasteiger charge is 2.35. The van der Waals surface area contributed by atoms with Crippen LogP contribution in [0.15, 0.2) is 58.8 Å². The number of urea groups is 1. The number of benzene rings is 2. The number of allylic oxidation sites excluding steroid dienone is 1. The van der Waals surface area contributed by atoms with E-state index in [1.165, 1.54) is 0 Å². The van der Waals surface area contributed by atoms with Gasteiger partial charge in [-0.25, -0.2) is 4.79 Å². The summed E-state index contributed by atoms with van der Waals surface area (Å²) in [5.41, 5.74) is 3.29. The minimum atomic E-state index is -0.426. The van der Waals surface area contributed by atoms with Crippen LogP contribution in [0.3, 0.4) is 0 Å². The van der Waals surface area contributed by atoms with Gasteiger partial charge in [0.2, 0.25) is 5.82 Å². The van der Waals surface area contributed by atoms with Gasteiger partial charge in [-0.1, -0.05) is 24.2 Å². The van der Waals surface area contributed by atoms with Crippen molar-refractivity contribution in [2.24, 2.45) is 0 Å². The third-order valence-electron chi connectivity index (χ3n) is 5.57. The minimum absolute atomic E-state index is 0.146. The summed E-state index contributed by atoms with van der Waals surface area (Å²) < 4.78 is 16.5. The second-order valence-corrected chi connectivity index (χ2v) is 7.69. The van der Waals surface area contributed by atoms with Crippen LogP contribution < -0.4 is 14.8 Å². The summed E-state index contributed by atoms with van der Waals surface area (Å²) in [6.45, 7) is 7.08. The van der Waals surface area contributed by atoms with Gasteiger partial charge in [-0.05, 0) is 62.2 Å². The Hall–Kier alpha value is -3.81. The predicted molar refractivity (Wildman–Crippen MR) is 125 cm³/mol. The third kappa shape index (κ3) is 4.55. The molecule has 2 aromatic carbocycles. The van der Waals surface area contributed by atoms with E-state index in [0.29, 0.717) is 24.9 Å². The summed E-state index contributed by atoms with van der Waals surface area (Å²) in [4.78, 5) is 19.3. The number of rotatable bonds is 8. The largest absolute Gasteiger partial charge is 0.497 e. The Morgan fingerprint density at radius 2 is 1.76 bits per heavy atom. The van der Waals surface area contributed by atoms with Crippen molar-refractivity contribution in [2.75, 3.05) is 20.3 Å². The first-order valence-corrected chi connectivity index (χ1v) is 11.1. The second-order valence-electron chi connectivity index (χ2n) is 7.69. The molecule has 172 valence electrons. The molecule has 1 aliphatic heterocycles. The van der Waals surface area contributed by atoms with E-state index in [4.69, 9.17) is 14.0 Å². The van der Waals surface area contributed by atoms with Crippen molar-refractivity contribution in [3.05, 3.63) is 65.7 Å². The average Bonchev–Trinajstić information content (AvgIpc) is 3.32. The lowest BCUT2D eigenvalue weighted by Gasteiger charge is -2.35. The van der Waals surface area contributed by atoms with Crippen molar-refractivity contribution in [1.29, 1.82) is 0 Å². The maximum atomic E-state index is 12.9. The SMILES string of the molecule is CCCN1C(=O)NC(c2ccc(OCC)cc2)C(c2nc(-c3ccc(OC)cc3)no2)=C1C. The van der Waals surface area contributed by atoms with Gasteiger partial charge in [-0.3, -0.25) is 4.90 Å². The lowest BCUT2D eigenvalue weighted by molar-refractivity contribution is 0.205. The number of ether oxygens (including phenoxy) is 2. The van der Waals surface area contributed by atoms with E-state index >= 15 is 0 Å². The Labute approximate surface area is 193 Å². The fourth-order valence-corrected chi connectivity index (χ4v) is 3.91. The Kier molecular flexibility index (Phi) is 6.63. The fraction of sp³-hybridized carbons (Fsp3) is 0.320. The molecule has 2 heterocycles. The molecule has 1 unspecified atom stereocenters. The molecule has 0 spiro atoms. The molecule has 8 heteroatoms. The molecule has 1 aromatic heterocycles. The number of amides is 2. The maximum Gasteiger partial charge on any atom is 0.322 e. The summed E-state index contributed by atoms with van der Waals surface area (Å²) in [7, 11) is 1.62. The number of aromatic nitrogens is 2. The smallest absolute Gasteiger partial charge is 0.322 e. The molecule has 0 saturated carbocycles. The van der Waals surface area contributed by atoms with E-state index < -0.39 is 6.04 Å². The number of nitrogens with zero attached hydrogens (tertiary/aromatic N) is 3. The van der Waals surface area contributed by atoms with Crippen molar-refractivity contribution < 1.29 is 18.8 Å². The van der Waals surface area contributed by atoms with Crippen LogP contribution in [0.2, 0.25) is 0 Å². The molecule has 1 aliphatic rings. The summed E-state index contributed by atoms with van der Waals surface area (Å²) in [6, 6.07) is 14.6. The number of carbonyl (C=O) groups is 1. The molecule has 3 aromatic rings. The van der Waals surface area contributed by atoms with E-state index in [1.54, 1.807) is 12.0 Å². The molecule has 1 N–H and O–H groups in total. The average molecular weight is 449 g/mol. The number of hydrogen-bond acceptors (Lipinski definition) is 6. The predicted octanol–water partition coefficient (Wildman–Crippen LogP) is 5.05. The number of nitrogens with one attached hydrogen (secondary N) is 1. The van der Waals surface area contributed by atoms with Crippen LogP contribution in [0.25, 0.3) is 17.0 Å². The standard InChI is InChI=1S/C25H28N4O4/c1-5-15-29-16(3)21(22(26-25(29)30)17-7-13-20(14-8-17)32-6-2)24-27-23(28-33-24)18-9-11-19(31-4)12-10-18/h7-14,22H,5-6,15H2,1-4H3,(H,26,30). The number of methoxy groups -OCH3 is 1. The summed E-state index contributed by atoms with van der Waals surface area (Å²) >= 11 is 0. The monoisotopic (exact) mass is 448 g/mol. The molecule has 0 radical (unpaired) electrons. The Bertz CT molecular complexity index is 1140. The van der Waals surface area contributed by atoms with Crippen LogP contribution in [0.1, 0.15) is 44.7 Å². The van der Waals surface area contributed by atoms with Gasteiger partial charge in [-0.2, -0.15) is 4.98 Å². The van der Waals surface area contributed by atoms with Gasteiger partial charge in [-0.15, -0.1) is 0 Å². The molecule has 1 atom stereocenters. The van der Waals surface area contributed by atoms with Crippen molar-refractivity contribution in [2.45, 2.75) is 33.2 Å². The van der Waals surface area contributed by atoms with Gasteiger partial charge < -0.3 is 19.3 Å². The van der Waals surface area contributed by atoms with Crippen LogP contribution in [-0.2, 0) is 0 Å². The van der Waals surface area contributed by atoms with E-state index in [-0.39, 0.29) is 6.03 Å².